The van der Waals surface area contributed by atoms with Crippen LogP contribution < -0.4 is 10.6 Å². The Labute approximate surface area is 137 Å². The van der Waals surface area contributed by atoms with E-state index in [4.69, 9.17) is 11.6 Å². The molecular formula is C14H16ClIN4. The molecule has 0 radical (unpaired) electrons. The molecule has 0 unspecified atom stereocenters. The normalized spacial score (nSPS) is 10.4. The Hall–Kier alpha value is -1.08. The maximum absolute atomic E-state index is 6.25. The van der Waals surface area contributed by atoms with Gasteiger partial charge in [0.2, 0.25) is 0 Å². The van der Waals surface area contributed by atoms with Crippen LogP contribution in [-0.2, 0) is 0 Å². The minimum Gasteiger partial charge on any atom is -0.370 e. The van der Waals surface area contributed by atoms with E-state index in [0.29, 0.717) is 5.02 Å². The maximum atomic E-state index is 6.25. The Bertz CT molecular complexity index is 631. The van der Waals surface area contributed by atoms with Crippen molar-refractivity contribution in [2.24, 2.45) is 0 Å². The Balaban J connectivity index is 2.37. The SMILES string of the molecule is CCNc1nc(C)nc(Nc2ccc(I)cc2Cl)c1C. The molecule has 0 saturated heterocycles. The first-order valence-corrected chi connectivity index (χ1v) is 7.78. The summed E-state index contributed by atoms with van der Waals surface area (Å²) in [7, 11) is 0. The third-order valence-corrected chi connectivity index (χ3v) is 3.77. The highest BCUT2D eigenvalue weighted by Gasteiger charge is 2.10. The topological polar surface area (TPSA) is 49.8 Å². The standard InChI is InChI=1S/C14H16ClIN4/c1-4-17-13-8(2)14(19-9(3)18-13)20-12-6-5-10(16)7-11(12)15/h5-7H,4H2,1-3H3,(H2,17,18,19,20). The second-order valence-electron chi connectivity index (χ2n) is 4.37. The molecule has 0 spiro atoms. The number of benzene rings is 1. The Morgan fingerprint density at radius 1 is 1.20 bits per heavy atom. The van der Waals surface area contributed by atoms with Gasteiger partial charge in [-0.1, -0.05) is 11.6 Å². The van der Waals surface area contributed by atoms with Gasteiger partial charge in [0.1, 0.15) is 17.5 Å². The maximum Gasteiger partial charge on any atom is 0.139 e. The zero-order valence-corrected chi connectivity index (χ0v) is 14.5. The number of nitrogens with one attached hydrogen (secondary N) is 2. The molecule has 6 heteroatoms. The first-order chi connectivity index (χ1) is 9.51. The largest absolute Gasteiger partial charge is 0.370 e. The van der Waals surface area contributed by atoms with Gasteiger partial charge in [-0.05, 0) is 61.6 Å². The highest BCUT2D eigenvalue weighted by molar-refractivity contribution is 14.1. The summed E-state index contributed by atoms with van der Waals surface area (Å²) in [6.45, 7) is 6.72. The number of halogens is 2. The number of anilines is 3. The predicted molar refractivity (Wildman–Crippen MR) is 93.1 cm³/mol. The Morgan fingerprint density at radius 2 is 1.90 bits per heavy atom. The van der Waals surface area contributed by atoms with Gasteiger partial charge in [0.25, 0.3) is 0 Å². The van der Waals surface area contributed by atoms with E-state index >= 15 is 0 Å². The van der Waals surface area contributed by atoms with Crippen molar-refractivity contribution < 1.29 is 0 Å². The second-order valence-corrected chi connectivity index (χ2v) is 6.03. The molecule has 1 aromatic carbocycles. The van der Waals surface area contributed by atoms with E-state index in [0.717, 1.165) is 38.8 Å². The lowest BCUT2D eigenvalue weighted by molar-refractivity contribution is 1.02. The molecule has 4 nitrogen and oxygen atoms in total. The summed E-state index contributed by atoms with van der Waals surface area (Å²) < 4.78 is 1.10. The molecule has 2 aromatic rings. The highest BCUT2D eigenvalue weighted by Crippen LogP contribution is 2.29. The number of aryl methyl sites for hydroxylation is 1. The number of hydrogen-bond donors (Lipinski definition) is 2. The van der Waals surface area contributed by atoms with Crippen LogP contribution in [0.2, 0.25) is 5.02 Å². The average Bonchev–Trinajstić information content (AvgIpc) is 2.38. The third-order valence-electron chi connectivity index (χ3n) is 2.79. The Morgan fingerprint density at radius 3 is 2.55 bits per heavy atom. The van der Waals surface area contributed by atoms with Crippen molar-refractivity contribution >= 4 is 51.5 Å². The van der Waals surface area contributed by atoms with Crippen LogP contribution in [0.4, 0.5) is 17.3 Å². The van der Waals surface area contributed by atoms with Crippen LogP contribution in [-0.4, -0.2) is 16.5 Å². The zero-order valence-electron chi connectivity index (χ0n) is 11.6. The van der Waals surface area contributed by atoms with Crippen LogP contribution in [0.5, 0.6) is 0 Å². The van der Waals surface area contributed by atoms with Gasteiger partial charge in [-0.25, -0.2) is 9.97 Å². The molecule has 0 fully saturated rings. The summed E-state index contributed by atoms with van der Waals surface area (Å²) in [5, 5.41) is 7.20. The lowest BCUT2D eigenvalue weighted by Crippen LogP contribution is -2.07. The van der Waals surface area contributed by atoms with Crippen LogP contribution in [0.15, 0.2) is 18.2 Å². The molecule has 0 aliphatic carbocycles. The third kappa shape index (κ3) is 3.52. The molecule has 106 valence electrons. The molecule has 2 N–H and O–H groups in total. The van der Waals surface area contributed by atoms with Crippen molar-refractivity contribution in [1.29, 1.82) is 0 Å². The molecule has 1 aromatic heterocycles. The van der Waals surface area contributed by atoms with Gasteiger partial charge in [0.05, 0.1) is 10.7 Å². The molecule has 0 bridgehead atoms. The smallest absolute Gasteiger partial charge is 0.139 e. The van der Waals surface area contributed by atoms with E-state index in [9.17, 15) is 0 Å². The van der Waals surface area contributed by atoms with Crippen LogP contribution in [0.1, 0.15) is 18.3 Å². The molecule has 20 heavy (non-hydrogen) atoms. The van der Waals surface area contributed by atoms with E-state index in [1.807, 2.05) is 39.0 Å². The summed E-state index contributed by atoms with van der Waals surface area (Å²) in [5.41, 5.74) is 1.82. The van der Waals surface area contributed by atoms with E-state index in [1.165, 1.54) is 0 Å². The van der Waals surface area contributed by atoms with Gasteiger partial charge in [-0.2, -0.15) is 0 Å². The summed E-state index contributed by atoms with van der Waals surface area (Å²) in [6, 6.07) is 5.87. The fourth-order valence-electron chi connectivity index (χ4n) is 1.81. The van der Waals surface area contributed by atoms with Gasteiger partial charge in [-0.3, -0.25) is 0 Å². The van der Waals surface area contributed by atoms with Crippen molar-refractivity contribution in [2.75, 3.05) is 17.2 Å². The highest BCUT2D eigenvalue weighted by atomic mass is 127. The molecule has 0 saturated carbocycles. The fourth-order valence-corrected chi connectivity index (χ4v) is 2.71. The van der Waals surface area contributed by atoms with E-state index in [-0.39, 0.29) is 0 Å². The molecule has 0 aliphatic heterocycles. The van der Waals surface area contributed by atoms with Gasteiger partial charge in [0.15, 0.2) is 0 Å². The monoisotopic (exact) mass is 402 g/mol. The van der Waals surface area contributed by atoms with E-state index in [1.54, 1.807) is 0 Å². The molecule has 1 heterocycles. The van der Waals surface area contributed by atoms with Crippen molar-refractivity contribution in [3.63, 3.8) is 0 Å². The first-order valence-electron chi connectivity index (χ1n) is 6.32. The van der Waals surface area contributed by atoms with Gasteiger partial charge in [-0.15, -0.1) is 0 Å². The van der Waals surface area contributed by atoms with Crippen molar-refractivity contribution in [3.8, 4) is 0 Å². The van der Waals surface area contributed by atoms with E-state index < -0.39 is 0 Å². The molecule has 0 amide bonds. The minimum absolute atomic E-state index is 0.678. The molecule has 2 rings (SSSR count). The Kier molecular flexibility index (Phi) is 5.04. The number of aromatic nitrogens is 2. The van der Waals surface area contributed by atoms with Crippen LogP contribution in [0.3, 0.4) is 0 Å². The predicted octanol–water partition coefficient (Wildman–Crippen LogP) is 4.53. The summed E-state index contributed by atoms with van der Waals surface area (Å²) in [6.07, 6.45) is 0. The number of hydrogen-bond acceptors (Lipinski definition) is 4. The van der Waals surface area contributed by atoms with Crippen LogP contribution in [0, 0.1) is 17.4 Å². The zero-order chi connectivity index (χ0) is 14.7. The van der Waals surface area contributed by atoms with Crippen LogP contribution in [0.25, 0.3) is 0 Å². The molecule has 0 aliphatic rings. The molecule has 0 atom stereocenters. The van der Waals surface area contributed by atoms with E-state index in [2.05, 4.69) is 43.2 Å². The van der Waals surface area contributed by atoms with Crippen molar-refractivity contribution in [3.05, 3.63) is 38.2 Å². The summed E-state index contributed by atoms with van der Waals surface area (Å²) in [5.74, 6) is 2.34. The number of nitrogens with zero attached hydrogens (tertiary/aromatic N) is 2. The van der Waals surface area contributed by atoms with Crippen molar-refractivity contribution in [1.82, 2.24) is 9.97 Å². The second kappa shape index (κ2) is 6.58. The van der Waals surface area contributed by atoms with Crippen molar-refractivity contribution in [2.45, 2.75) is 20.8 Å². The first kappa shape index (κ1) is 15.3. The molecular weight excluding hydrogens is 387 g/mol. The summed E-state index contributed by atoms with van der Waals surface area (Å²) >= 11 is 8.48. The lowest BCUT2D eigenvalue weighted by atomic mass is 10.2. The summed E-state index contributed by atoms with van der Waals surface area (Å²) in [4.78, 5) is 8.86. The lowest BCUT2D eigenvalue weighted by Gasteiger charge is -2.14. The van der Waals surface area contributed by atoms with Gasteiger partial charge < -0.3 is 10.6 Å². The average molecular weight is 403 g/mol. The van der Waals surface area contributed by atoms with Gasteiger partial charge >= 0.3 is 0 Å². The van der Waals surface area contributed by atoms with Crippen LogP contribution >= 0.6 is 34.2 Å². The minimum atomic E-state index is 0.678. The quantitative estimate of drug-likeness (QED) is 0.738. The fraction of sp³-hybridized carbons (Fsp3) is 0.286. The van der Waals surface area contributed by atoms with Gasteiger partial charge in [0, 0.05) is 15.7 Å². The number of rotatable bonds is 4.